The monoisotopic (exact) mass is 727 g/mol. The molecule has 3 heteroatoms. The molecule has 0 radical (unpaired) electrons. The van der Waals surface area contributed by atoms with Crippen LogP contribution in [0.3, 0.4) is 0 Å². The van der Waals surface area contributed by atoms with Crippen molar-refractivity contribution in [2.45, 2.75) is 6.04 Å². The van der Waals surface area contributed by atoms with Gasteiger partial charge in [-0.25, -0.2) is 4.98 Å². The highest BCUT2D eigenvalue weighted by molar-refractivity contribution is 6.15. The van der Waals surface area contributed by atoms with Gasteiger partial charge in [0.05, 0.1) is 28.3 Å². The van der Waals surface area contributed by atoms with Gasteiger partial charge in [0.15, 0.2) is 0 Å². The summed E-state index contributed by atoms with van der Waals surface area (Å²) in [5.74, 6) is 0. The van der Waals surface area contributed by atoms with Crippen molar-refractivity contribution in [2.24, 2.45) is 0 Å². The molecule has 1 atom stereocenters. The Bertz CT molecular complexity index is 3120. The fraction of sp³-hybridized carbons (Fsp3) is 0.0185. The summed E-state index contributed by atoms with van der Waals surface area (Å²) in [6, 6.07) is 71.6. The first kappa shape index (κ1) is 32.9. The molecule has 3 heterocycles. The van der Waals surface area contributed by atoms with Gasteiger partial charge in [0.25, 0.3) is 0 Å². The second-order valence-corrected chi connectivity index (χ2v) is 14.8. The Morgan fingerprint density at radius 3 is 1.65 bits per heavy atom. The molecule has 0 saturated carbocycles. The van der Waals surface area contributed by atoms with Crippen LogP contribution in [0.2, 0.25) is 0 Å². The van der Waals surface area contributed by atoms with Gasteiger partial charge in [-0.05, 0) is 92.7 Å². The summed E-state index contributed by atoms with van der Waals surface area (Å²) < 4.78 is 2.38. The standard InChI is InChI=1S/C54H37N3/c1-4-16-37(17-5-1)46-34-49(39-20-8-3-9-21-39)56-51-35-47(42-22-10-11-25-45(42)54(46)51)50-33-40(32-48(55-50)38-18-6-2-7-19-38)36-28-30-41(31-29-36)57-52-26-14-12-23-43(52)44-24-13-15-27-53(44)57/h1-35,50,55H. The number of hydrogen-bond acceptors (Lipinski definition) is 2. The first-order chi connectivity index (χ1) is 28.3. The van der Waals surface area contributed by atoms with Gasteiger partial charge in [-0.1, -0.05) is 164 Å². The minimum absolute atomic E-state index is 0.117. The van der Waals surface area contributed by atoms with Crippen LogP contribution in [0.5, 0.6) is 0 Å². The third-order valence-corrected chi connectivity index (χ3v) is 11.4. The van der Waals surface area contributed by atoms with Crippen molar-refractivity contribution < 1.29 is 0 Å². The van der Waals surface area contributed by atoms with E-state index < -0.39 is 0 Å². The summed E-state index contributed by atoms with van der Waals surface area (Å²) in [6.45, 7) is 0. The highest BCUT2D eigenvalue weighted by Crippen LogP contribution is 2.42. The Labute approximate surface area is 331 Å². The van der Waals surface area contributed by atoms with Crippen LogP contribution < -0.4 is 5.32 Å². The van der Waals surface area contributed by atoms with Crippen LogP contribution in [0.1, 0.15) is 22.7 Å². The number of dihydropyridines is 1. The van der Waals surface area contributed by atoms with Crippen molar-refractivity contribution in [3.8, 4) is 28.1 Å². The molecule has 0 amide bonds. The number of fused-ring (bicyclic) bond motifs is 6. The molecule has 1 aliphatic rings. The van der Waals surface area contributed by atoms with E-state index in [0.717, 1.165) is 33.7 Å². The van der Waals surface area contributed by atoms with Crippen LogP contribution in [-0.4, -0.2) is 9.55 Å². The number of nitrogens with zero attached hydrogens (tertiary/aromatic N) is 2. The molecular weight excluding hydrogens is 691 g/mol. The Morgan fingerprint density at radius 1 is 0.456 bits per heavy atom. The minimum Gasteiger partial charge on any atom is -0.374 e. The van der Waals surface area contributed by atoms with E-state index >= 15 is 0 Å². The average molecular weight is 728 g/mol. The number of allylic oxidation sites excluding steroid dienone is 2. The van der Waals surface area contributed by atoms with Crippen molar-refractivity contribution in [1.82, 2.24) is 14.9 Å². The maximum Gasteiger partial charge on any atom is 0.0725 e. The Balaban J connectivity index is 1.09. The maximum absolute atomic E-state index is 5.40. The smallest absolute Gasteiger partial charge is 0.0725 e. The van der Waals surface area contributed by atoms with Crippen LogP contribution in [0.25, 0.3) is 82.8 Å². The zero-order chi connectivity index (χ0) is 37.7. The van der Waals surface area contributed by atoms with E-state index in [9.17, 15) is 0 Å². The minimum atomic E-state index is -0.117. The Hall–Kier alpha value is -7.49. The van der Waals surface area contributed by atoms with Crippen molar-refractivity contribution in [1.29, 1.82) is 0 Å². The lowest BCUT2D eigenvalue weighted by molar-refractivity contribution is 0.773. The van der Waals surface area contributed by atoms with Gasteiger partial charge in [0.1, 0.15) is 0 Å². The van der Waals surface area contributed by atoms with E-state index in [1.807, 2.05) is 0 Å². The molecule has 3 nitrogen and oxygen atoms in total. The summed E-state index contributed by atoms with van der Waals surface area (Å²) >= 11 is 0. The van der Waals surface area contributed by atoms with Crippen LogP contribution in [0.15, 0.2) is 212 Å². The highest BCUT2D eigenvalue weighted by Gasteiger charge is 2.23. The largest absolute Gasteiger partial charge is 0.374 e. The summed E-state index contributed by atoms with van der Waals surface area (Å²) in [6.07, 6.45) is 4.68. The number of para-hydroxylation sites is 2. The zero-order valence-electron chi connectivity index (χ0n) is 31.2. The predicted molar refractivity (Wildman–Crippen MR) is 239 cm³/mol. The number of rotatable bonds is 6. The number of nitrogens with one attached hydrogen (secondary N) is 1. The summed E-state index contributed by atoms with van der Waals surface area (Å²) in [7, 11) is 0. The van der Waals surface area contributed by atoms with Gasteiger partial charge >= 0.3 is 0 Å². The van der Waals surface area contributed by atoms with Crippen LogP contribution >= 0.6 is 0 Å². The SMILES string of the molecule is C1=C(c2ccc(-n3c4ccccc4c4ccccc43)cc2)C=C(c2ccccc2)NC1c1cc2nc(-c3ccccc3)cc(-c3ccccc3)c2c2ccccc12. The van der Waals surface area contributed by atoms with Gasteiger partial charge in [-0.3, -0.25) is 0 Å². The molecule has 268 valence electrons. The highest BCUT2D eigenvalue weighted by atomic mass is 15.0. The third kappa shape index (κ3) is 5.71. The van der Waals surface area contributed by atoms with Gasteiger partial charge in [0, 0.05) is 33.1 Å². The number of hydrogen-bond donors (Lipinski definition) is 1. The number of pyridine rings is 1. The average Bonchev–Trinajstić information content (AvgIpc) is 3.63. The maximum atomic E-state index is 5.40. The van der Waals surface area contributed by atoms with E-state index in [0.29, 0.717) is 0 Å². The van der Waals surface area contributed by atoms with E-state index in [1.54, 1.807) is 0 Å². The van der Waals surface area contributed by atoms with Crippen molar-refractivity contribution in [3.05, 3.63) is 229 Å². The quantitative estimate of drug-likeness (QED) is 0.173. The molecule has 0 bridgehead atoms. The van der Waals surface area contributed by atoms with Crippen LogP contribution in [0.4, 0.5) is 0 Å². The van der Waals surface area contributed by atoms with E-state index in [1.165, 1.54) is 65.8 Å². The molecule has 1 unspecified atom stereocenters. The van der Waals surface area contributed by atoms with E-state index in [-0.39, 0.29) is 6.04 Å². The topological polar surface area (TPSA) is 29.9 Å². The molecule has 0 fully saturated rings. The molecule has 11 rings (SSSR count). The van der Waals surface area contributed by atoms with Gasteiger partial charge in [0.2, 0.25) is 0 Å². The zero-order valence-corrected chi connectivity index (χ0v) is 31.2. The van der Waals surface area contributed by atoms with E-state index in [4.69, 9.17) is 4.98 Å². The second-order valence-electron chi connectivity index (χ2n) is 14.8. The fourth-order valence-corrected chi connectivity index (χ4v) is 8.76. The molecule has 10 aromatic rings. The summed E-state index contributed by atoms with van der Waals surface area (Å²) in [4.78, 5) is 5.40. The molecule has 0 saturated heterocycles. The normalized spacial score (nSPS) is 14.1. The van der Waals surface area contributed by atoms with Crippen molar-refractivity contribution in [3.63, 3.8) is 0 Å². The second kappa shape index (κ2) is 13.7. The van der Waals surface area contributed by atoms with Gasteiger partial charge in [-0.15, -0.1) is 0 Å². The number of aromatic nitrogens is 2. The summed E-state index contributed by atoms with van der Waals surface area (Å²) in [5.41, 5.74) is 14.7. The molecule has 0 aliphatic carbocycles. The van der Waals surface area contributed by atoms with Gasteiger partial charge in [-0.2, -0.15) is 0 Å². The van der Waals surface area contributed by atoms with Crippen LogP contribution in [-0.2, 0) is 0 Å². The Kier molecular flexibility index (Phi) is 7.89. The van der Waals surface area contributed by atoms with E-state index in [2.05, 4.69) is 222 Å². The lowest BCUT2D eigenvalue weighted by Crippen LogP contribution is -2.22. The van der Waals surface area contributed by atoms with Gasteiger partial charge < -0.3 is 9.88 Å². The third-order valence-electron chi connectivity index (χ3n) is 11.4. The molecular formula is C54H37N3. The van der Waals surface area contributed by atoms with Crippen molar-refractivity contribution >= 4 is 54.8 Å². The molecule has 8 aromatic carbocycles. The van der Waals surface area contributed by atoms with Crippen molar-refractivity contribution in [2.75, 3.05) is 0 Å². The fourth-order valence-electron chi connectivity index (χ4n) is 8.76. The molecule has 0 spiro atoms. The first-order valence-electron chi connectivity index (χ1n) is 19.6. The lowest BCUT2D eigenvalue weighted by Gasteiger charge is -2.27. The molecule has 2 aromatic heterocycles. The molecule has 1 aliphatic heterocycles. The first-order valence-corrected chi connectivity index (χ1v) is 19.6. The predicted octanol–water partition coefficient (Wildman–Crippen LogP) is 13.6. The summed E-state index contributed by atoms with van der Waals surface area (Å²) in [5, 5.41) is 10.1. The molecule has 1 N–H and O–H groups in total. The number of benzene rings is 8. The Morgan fingerprint density at radius 2 is 1.00 bits per heavy atom. The molecule has 57 heavy (non-hydrogen) atoms. The lowest BCUT2D eigenvalue weighted by atomic mass is 9.88. The van der Waals surface area contributed by atoms with Crippen LogP contribution in [0, 0.1) is 0 Å².